The summed E-state index contributed by atoms with van der Waals surface area (Å²) >= 11 is 0. The smallest absolute Gasteiger partial charge is 0.0562 e. The van der Waals surface area contributed by atoms with Crippen LogP contribution >= 0.6 is 0 Å². The van der Waals surface area contributed by atoms with Crippen LogP contribution in [-0.4, -0.2) is 24.6 Å². The van der Waals surface area contributed by atoms with E-state index in [2.05, 4.69) is 48.1 Å². The molecule has 0 amide bonds. The quantitative estimate of drug-likeness (QED) is 0.804. The molecule has 0 atom stereocenters. The summed E-state index contributed by atoms with van der Waals surface area (Å²) in [6.07, 6.45) is 7.02. The number of nitrogens with one attached hydrogen (secondary N) is 1. The van der Waals surface area contributed by atoms with Crippen molar-refractivity contribution in [3.05, 3.63) is 24.0 Å². The summed E-state index contributed by atoms with van der Waals surface area (Å²) in [4.78, 5) is 6.98. The van der Waals surface area contributed by atoms with Crippen LogP contribution in [0.1, 0.15) is 52.1 Å². The molecule has 2 rings (SSSR count). The highest BCUT2D eigenvalue weighted by molar-refractivity contribution is 5.47. The van der Waals surface area contributed by atoms with Gasteiger partial charge in [0.15, 0.2) is 0 Å². The molecular weight excluding hydrogens is 246 g/mol. The second-order valence-corrected chi connectivity index (χ2v) is 6.33. The van der Waals surface area contributed by atoms with Gasteiger partial charge < -0.3 is 10.2 Å². The van der Waals surface area contributed by atoms with Crippen molar-refractivity contribution < 1.29 is 0 Å². The topological polar surface area (TPSA) is 28.2 Å². The molecule has 1 saturated heterocycles. The Morgan fingerprint density at radius 1 is 1.30 bits per heavy atom. The second kappa shape index (κ2) is 7.07. The molecule has 20 heavy (non-hydrogen) atoms. The van der Waals surface area contributed by atoms with Gasteiger partial charge in [-0.2, -0.15) is 0 Å². The summed E-state index contributed by atoms with van der Waals surface area (Å²) in [6, 6.07) is 4.40. The fraction of sp³-hybridized carbons (Fsp3) is 0.706. The van der Waals surface area contributed by atoms with Gasteiger partial charge in [-0.1, -0.05) is 27.2 Å². The summed E-state index contributed by atoms with van der Waals surface area (Å²) in [5, 5.41) is 3.42. The molecular formula is C17H29N3. The predicted molar refractivity (Wildman–Crippen MR) is 86.1 cm³/mol. The highest BCUT2D eigenvalue weighted by Gasteiger charge is 2.28. The monoisotopic (exact) mass is 275 g/mol. The van der Waals surface area contributed by atoms with E-state index in [1.807, 2.05) is 6.20 Å². The molecule has 0 radical (unpaired) electrons. The normalized spacial score (nSPS) is 18.2. The number of hydrogen-bond donors (Lipinski definition) is 1. The minimum absolute atomic E-state index is 0.551. The molecule has 1 aromatic heterocycles. The molecule has 1 aromatic rings. The fourth-order valence-electron chi connectivity index (χ4n) is 2.81. The van der Waals surface area contributed by atoms with Crippen molar-refractivity contribution in [3.63, 3.8) is 0 Å². The molecule has 0 unspecified atom stereocenters. The number of anilines is 1. The first-order valence-corrected chi connectivity index (χ1v) is 8.07. The molecule has 1 fully saturated rings. The molecule has 0 spiro atoms. The van der Waals surface area contributed by atoms with Crippen molar-refractivity contribution in [3.8, 4) is 0 Å². The molecule has 1 N–H and O–H groups in total. The van der Waals surface area contributed by atoms with Crippen molar-refractivity contribution in [2.45, 2.75) is 53.0 Å². The minimum atomic E-state index is 0.551. The van der Waals surface area contributed by atoms with E-state index >= 15 is 0 Å². The molecule has 0 bridgehead atoms. The van der Waals surface area contributed by atoms with Crippen LogP contribution in [0.15, 0.2) is 18.3 Å². The van der Waals surface area contributed by atoms with Gasteiger partial charge in [-0.25, -0.2) is 0 Å². The summed E-state index contributed by atoms with van der Waals surface area (Å²) in [5.41, 5.74) is 3.04. The van der Waals surface area contributed by atoms with Crippen LogP contribution in [0.2, 0.25) is 0 Å². The van der Waals surface area contributed by atoms with E-state index in [1.54, 1.807) is 0 Å². The highest BCUT2D eigenvalue weighted by atomic mass is 15.1. The van der Waals surface area contributed by atoms with E-state index in [9.17, 15) is 0 Å². The van der Waals surface area contributed by atoms with Crippen LogP contribution in [0.5, 0.6) is 0 Å². The van der Waals surface area contributed by atoms with E-state index in [4.69, 9.17) is 0 Å². The molecule has 1 aliphatic rings. The Morgan fingerprint density at radius 2 is 2.05 bits per heavy atom. The molecule has 0 aliphatic carbocycles. The number of rotatable bonds is 6. The molecule has 3 nitrogen and oxygen atoms in total. The van der Waals surface area contributed by atoms with Gasteiger partial charge in [-0.3, -0.25) is 4.98 Å². The van der Waals surface area contributed by atoms with Gasteiger partial charge in [0.25, 0.3) is 0 Å². The average Bonchev–Trinajstić information content (AvgIpc) is 2.49. The first-order valence-electron chi connectivity index (χ1n) is 8.07. The number of piperidine rings is 1. The zero-order valence-corrected chi connectivity index (χ0v) is 13.3. The van der Waals surface area contributed by atoms with Crippen LogP contribution in [0.3, 0.4) is 0 Å². The van der Waals surface area contributed by atoms with Gasteiger partial charge in [-0.15, -0.1) is 0 Å². The Kier molecular flexibility index (Phi) is 5.41. The lowest BCUT2D eigenvalue weighted by Crippen LogP contribution is -2.38. The minimum Gasteiger partial charge on any atom is -0.371 e. The third kappa shape index (κ3) is 3.95. The summed E-state index contributed by atoms with van der Waals surface area (Å²) in [6.45, 7) is 11.2. The number of pyridine rings is 1. The van der Waals surface area contributed by atoms with Gasteiger partial charge in [0.1, 0.15) is 0 Å². The van der Waals surface area contributed by atoms with E-state index < -0.39 is 0 Å². The number of nitrogens with zero attached hydrogens (tertiary/aromatic N) is 2. The van der Waals surface area contributed by atoms with Crippen molar-refractivity contribution in [1.29, 1.82) is 0 Å². The van der Waals surface area contributed by atoms with Crippen molar-refractivity contribution in [2.24, 2.45) is 5.41 Å². The zero-order valence-electron chi connectivity index (χ0n) is 13.3. The molecule has 1 aliphatic heterocycles. The van der Waals surface area contributed by atoms with Gasteiger partial charge in [0.05, 0.1) is 5.69 Å². The molecule has 2 heterocycles. The van der Waals surface area contributed by atoms with Crippen LogP contribution in [0.4, 0.5) is 5.69 Å². The first-order chi connectivity index (χ1) is 9.67. The Balaban J connectivity index is 1.94. The lowest BCUT2D eigenvalue weighted by molar-refractivity contribution is 0.238. The molecule has 112 valence electrons. The van der Waals surface area contributed by atoms with Gasteiger partial charge in [-0.05, 0) is 43.4 Å². The van der Waals surface area contributed by atoms with Crippen molar-refractivity contribution >= 4 is 5.69 Å². The van der Waals surface area contributed by atoms with Gasteiger partial charge in [0, 0.05) is 31.5 Å². The molecule has 3 heteroatoms. The summed E-state index contributed by atoms with van der Waals surface area (Å²) in [7, 11) is 0. The third-order valence-corrected chi connectivity index (χ3v) is 4.72. The van der Waals surface area contributed by atoms with Crippen molar-refractivity contribution in [2.75, 3.05) is 24.5 Å². The zero-order chi connectivity index (χ0) is 14.4. The Bertz CT molecular complexity index is 408. The lowest BCUT2D eigenvalue weighted by atomic mass is 9.78. The first kappa shape index (κ1) is 15.3. The van der Waals surface area contributed by atoms with Gasteiger partial charge >= 0.3 is 0 Å². The van der Waals surface area contributed by atoms with Crippen LogP contribution < -0.4 is 10.2 Å². The lowest BCUT2D eigenvalue weighted by Gasteiger charge is -2.40. The van der Waals surface area contributed by atoms with Crippen LogP contribution in [-0.2, 0) is 6.54 Å². The average molecular weight is 275 g/mol. The Hall–Kier alpha value is -1.09. The SMILES string of the molecule is CCCNCc1cc(N2CCC(C)(CC)CC2)ccn1. The maximum Gasteiger partial charge on any atom is 0.0562 e. The molecule has 0 aromatic carbocycles. The van der Waals surface area contributed by atoms with Crippen LogP contribution in [0, 0.1) is 5.41 Å². The number of aromatic nitrogens is 1. The van der Waals surface area contributed by atoms with E-state index in [1.165, 1.54) is 44.5 Å². The standard InChI is InChI=1S/C17H29N3/c1-4-9-18-14-15-13-16(6-10-19-15)20-11-7-17(3,5-2)8-12-20/h6,10,13,18H,4-5,7-9,11-12,14H2,1-3H3. The summed E-state index contributed by atoms with van der Waals surface area (Å²) < 4.78 is 0. The van der Waals surface area contributed by atoms with Crippen molar-refractivity contribution in [1.82, 2.24) is 10.3 Å². The molecule has 0 saturated carbocycles. The Morgan fingerprint density at radius 3 is 2.70 bits per heavy atom. The maximum atomic E-state index is 4.46. The predicted octanol–water partition coefficient (Wildman–Crippen LogP) is 3.60. The summed E-state index contributed by atoms with van der Waals surface area (Å²) in [5.74, 6) is 0. The Labute approximate surface area is 123 Å². The number of hydrogen-bond acceptors (Lipinski definition) is 3. The van der Waals surface area contributed by atoms with E-state index in [0.717, 1.165) is 18.8 Å². The van der Waals surface area contributed by atoms with Crippen LogP contribution in [0.25, 0.3) is 0 Å². The van der Waals surface area contributed by atoms with E-state index in [0.29, 0.717) is 5.41 Å². The van der Waals surface area contributed by atoms with Gasteiger partial charge in [0.2, 0.25) is 0 Å². The highest BCUT2D eigenvalue weighted by Crippen LogP contribution is 2.35. The second-order valence-electron chi connectivity index (χ2n) is 6.33. The largest absolute Gasteiger partial charge is 0.371 e. The maximum absolute atomic E-state index is 4.46. The fourth-order valence-corrected chi connectivity index (χ4v) is 2.81. The van der Waals surface area contributed by atoms with E-state index in [-0.39, 0.29) is 0 Å². The third-order valence-electron chi connectivity index (χ3n) is 4.72.